The molecule has 0 bridgehead atoms. The maximum Gasteiger partial charge on any atom is 0.255 e. The van der Waals surface area contributed by atoms with Crippen LogP contribution in [0.4, 0.5) is 5.95 Å². The molecule has 2 N–H and O–H groups in total. The molecule has 0 fully saturated rings. The number of hydrogen-bond acceptors (Lipinski definition) is 9. The van der Waals surface area contributed by atoms with E-state index in [0.717, 1.165) is 16.5 Å². The first-order valence-electron chi connectivity index (χ1n) is 11.2. The van der Waals surface area contributed by atoms with Gasteiger partial charge in [0.1, 0.15) is 17.6 Å². The summed E-state index contributed by atoms with van der Waals surface area (Å²) in [4.78, 5) is 27.0. The smallest absolute Gasteiger partial charge is 0.255 e. The highest BCUT2D eigenvalue weighted by molar-refractivity contribution is 5.93. The molecular weight excluding hydrogens is 448 g/mol. The van der Waals surface area contributed by atoms with Gasteiger partial charge in [-0.05, 0) is 52.3 Å². The van der Waals surface area contributed by atoms with Crippen LogP contribution in [-0.2, 0) is 11.8 Å². The number of nitrogens with zero attached hydrogens (tertiary/aromatic N) is 6. The predicted octanol–water partition coefficient (Wildman–Crippen LogP) is 2.43. The molecule has 3 aromatic rings. The molecule has 1 aliphatic carbocycles. The summed E-state index contributed by atoms with van der Waals surface area (Å²) in [5.41, 5.74) is 1.39. The highest BCUT2D eigenvalue weighted by Crippen LogP contribution is 2.32. The monoisotopic (exact) mass is 478 g/mol. The van der Waals surface area contributed by atoms with Gasteiger partial charge < -0.3 is 24.8 Å². The molecular formula is C24H30N8O3. The molecule has 11 heteroatoms. The molecule has 0 saturated heterocycles. The van der Waals surface area contributed by atoms with Gasteiger partial charge in [-0.25, -0.2) is 9.97 Å². The van der Waals surface area contributed by atoms with Gasteiger partial charge in [-0.3, -0.25) is 10.1 Å². The molecule has 1 aromatic carbocycles. The minimum Gasteiger partial charge on any atom is -0.495 e. The van der Waals surface area contributed by atoms with Gasteiger partial charge in [-0.1, -0.05) is 12.1 Å². The fraction of sp³-hybridized carbons (Fsp3) is 0.375. The van der Waals surface area contributed by atoms with Crippen LogP contribution in [0.3, 0.4) is 0 Å². The van der Waals surface area contributed by atoms with Crippen LogP contribution in [0.2, 0.25) is 0 Å². The number of methoxy groups -OCH3 is 1. The second kappa shape index (κ2) is 9.80. The SMILES string of the molecule is CNC1(CCN(C)C)C=C(OC)C(Nc2ncnc(-c3cccc4ccn(C)c34)n2)=CC1[N+](=O)[O-]. The molecule has 0 amide bonds. The lowest BCUT2D eigenvalue weighted by molar-refractivity contribution is -0.519. The number of nitro groups is 1. The normalized spacial score (nSPS) is 20.0. The third kappa shape index (κ3) is 4.73. The van der Waals surface area contributed by atoms with E-state index >= 15 is 0 Å². The number of rotatable bonds is 9. The Balaban J connectivity index is 1.69. The predicted molar refractivity (Wildman–Crippen MR) is 134 cm³/mol. The number of hydrogen-bond donors (Lipinski definition) is 2. The summed E-state index contributed by atoms with van der Waals surface area (Å²) in [5, 5.41) is 19.5. The molecule has 0 saturated carbocycles. The number of nitrogens with one attached hydrogen (secondary N) is 2. The summed E-state index contributed by atoms with van der Waals surface area (Å²) >= 11 is 0. The summed E-state index contributed by atoms with van der Waals surface area (Å²) < 4.78 is 7.64. The second-order valence-corrected chi connectivity index (χ2v) is 8.79. The van der Waals surface area contributed by atoms with Gasteiger partial charge in [0.25, 0.3) is 6.04 Å². The average molecular weight is 479 g/mol. The van der Waals surface area contributed by atoms with Crippen molar-refractivity contribution >= 4 is 16.9 Å². The molecule has 2 heterocycles. The van der Waals surface area contributed by atoms with Crippen molar-refractivity contribution in [3.8, 4) is 11.4 Å². The molecule has 2 aromatic heterocycles. The first kappa shape index (κ1) is 24.3. The standard InChI is InChI=1S/C24H30N8O3/c1-25-24(10-12-30(2)3)14-19(35-5)18(13-20(24)32(33)34)28-23-27-15-26-22(29-23)17-8-6-7-16-9-11-31(4)21(16)17/h6-9,11,13-15,20,25H,10,12H2,1-5H3,(H,26,27,28,29). The van der Waals surface area contributed by atoms with Crippen molar-refractivity contribution in [3.05, 3.63) is 70.5 Å². The van der Waals surface area contributed by atoms with Crippen molar-refractivity contribution in [3.63, 3.8) is 0 Å². The molecule has 0 radical (unpaired) electrons. The van der Waals surface area contributed by atoms with Crippen LogP contribution >= 0.6 is 0 Å². The summed E-state index contributed by atoms with van der Waals surface area (Å²) in [5.74, 6) is 1.24. The fourth-order valence-electron chi connectivity index (χ4n) is 4.42. The molecule has 4 rings (SSSR count). The third-order valence-electron chi connectivity index (χ3n) is 6.35. The minimum absolute atomic E-state index is 0.266. The van der Waals surface area contributed by atoms with E-state index in [4.69, 9.17) is 4.74 Å². The van der Waals surface area contributed by atoms with Gasteiger partial charge in [-0.15, -0.1) is 0 Å². The topological polar surface area (TPSA) is 123 Å². The Kier molecular flexibility index (Phi) is 6.81. The zero-order valence-corrected chi connectivity index (χ0v) is 20.5. The summed E-state index contributed by atoms with van der Waals surface area (Å²) in [6.45, 7) is 0.663. The Labute approximate surface area is 203 Å². The highest BCUT2D eigenvalue weighted by Gasteiger charge is 2.46. The van der Waals surface area contributed by atoms with Crippen LogP contribution in [0.15, 0.2) is 60.4 Å². The van der Waals surface area contributed by atoms with E-state index in [9.17, 15) is 10.1 Å². The molecule has 1 aliphatic rings. The molecule has 0 spiro atoms. The van der Waals surface area contributed by atoms with Crippen molar-refractivity contribution in [2.75, 3.05) is 40.1 Å². The van der Waals surface area contributed by atoms with Crippen molar-refractivity contribution in [1.29, 1.82) is 0 Å². The number of anilines is 1. The summed E-state index contributed by atoms with van der Waals surface area (Å²) in [7, 11) is 9.10. The van der Waals surface area contributed by atoms with Crippen LogP contribution < -0.4 is 10.6 Å². The lowest BCUT2D eigenvalue weighted by Gasteiger charge is -2.36. The van der Waals surface area contributed by atoms with Gasteiger partial charge in [-0.2, -0.15) is 4.98 Å². The van der Waals surface area contributed by atoms with Gasteiger partial charge in [0.15, 0.2) is 5.82 Å². The lowest BCUT2D eigenvalue weighted by Crippen LogP contribution is -2.57. The minimum atomic E-state index is -1.02. The molecule has 11 nitrogen and oxygen atoms in total. The van der Waals surface area contributed by atoms with E-state index in [0.29, 0.717) is 30.2 Å². The Bertz CT molecular complexity index is 1300. The molecule has 2 atom stereocenters. The Morgan fingerprint density at radius 1 is 1.29 bits per heavy atom. The molecule has 184 valence electrons. The zero-order chi connectivity index (χ0) is 25.2. The maximum atomic E-state index is 12.1. The number of fused-ring (bicyclic) bond motifs is 1. The van der Waals surface area contributed by atoms with Crippen LogP contribution in [-0.4, -0.2) is 75.7 Å². The van der Waals surface area contributed by atoms with Crippen molar-refractivity contribution in [2.24, 2.45) is 7.05 Å². The summed E-state index contributed by atoms with van der Waals surface area (Å²) in [6.07, 6.45) is 7.27. The van der Waals surface area contributed by atoms with Crippen molar-refractivity contribution in [2.45, 2.75) is 18.0 Å². The van der Waals surface area contributed by atoms with E-state index in [1.54, 1.807) is 19.2 Å². The van der Waals surface area contributed by atoms with E-state index in [2.05, 4.69) is 25.6 Å². The fourth-order valence-corrected chi connectivity index (χ4v) is 4.42. The maximum absolute atomic E-state index is 12.1. The van der Waals surface area contributed by atoms with Crippen LogP contribution in [0.25, 0.3) is 22.3 Å². The van der Waals surface area contributed by atoms with Crippen molar-refractivity contribution in [1.82, 2.24) is 29.7 Å². The number of likely N-dealkylation sites (N-methyl/N-ethyl adjacent to an activating group) is 1. The van der Waals surface area contributed by atoms with Gasteiger partial charge in [0.05, 0.1) is 18.3 Å². The van der Waals surface area contributed by atoms with E-state index in [1.807, 2.05) is 61.1 Å². The van der Waals surface area contributed by atoms with Crippen LogP contribution in [0, 0.1) is 10.1 Å². The second-order valence-electron chi connectivity index (χ2n) is 8.79. The van der Waals surface area contributed by atoms with Crippen molar-refractivity contribution < 1.29 is 9.66 Å². The molecule has 35 heavy (non-hydrogen) atoms. The number of para-hydroxylation sites is 1. The average Bonchev–Trinajstić information content (AvgIpc) is 3.24. The Hall–Kier alpha value is -3.83. The quantitative estimate of drug-likeness (QED) is 0.352. The third-order valence-corrected chi connectivity index (χ3v) is 6.35. The Morgan fingerprint density at radius 2 is 2.09 bits per heavy atom. The number of benzene rings is 1. The lowest BCUT2D eigenvalue weighted by atomic mass is 9.82. The van der Waals surface area contributed by atoms with Gasteiger partial charge in [0.2, 0.25) is 5.95 Å². The Morgan fingerprint density at radius 3 is 2.77 bits per heavy atom. The van der Waals surface area contributed by atoms with E-state index in [-0.39, 0.29) is 10.9 Å². The highest BCUT2D eigenvalue weighted by atomic mass is 16.6. The van der Waals surface area contributed by atoms with Crippen LogP contribution in [0.5, 0.6) is 0 Å². The largest absolute Gasteiger partial charge is 0.495 e. The number of aryl methyl sites for hydroxylation is 1. The number of aromatic nitrogens is 4. The van der Waals surface area contributed by atoms with Gasteiger partial charge in [0, 0.05) is 35.2 Å². The molecule has 2 unspecified atom stereocenters. The zero-order valence-electron chi connectivity index (χ0n) is 20.5. The van der Waals surface area contributed by atoms with E-state index < -0.39 is 11.6 Å². The first-order chi connectivity index (χ1) is 16.8. The van der Waals surface area contributed by atoms with E-state index in [1.165, 1.54) is 13.4 Å². The molecule has 0 aliphatic heterocycles. The van der Waals surface area contributed by atoms with Crippen LogP contribution in [0.1, 0.15) is 6.42 Å². The summed E-state index contributed by atoms with van der Waals surface area (Å²) in [6, 6.07) is 6.95. The first-order valence-corrected chi connectivity index (χ1v) is 11.2. The number of ether oxygens (including phenoxy) is 1. The van der Waals surface area contributed by atoms with Gasteiger partial charge >= 0.3 is 0 Å².